The molecule has 0 fully saturated rings. The van der Waals surface area contributed by atoms with Crippen LogP contribution in [0.25, 0.3) is 11.0 Å². The second-order valence-corrected chi connectivity index (χ2v) is 8.02. The highest BCUT2D eigenvalue weighted by Gasteiger charge is 2.17. The number of fused-ring (bicyclic) bond motifs is 1. The molecule has 1 heterocycles. The predicted molar refractivity (Wildman–Crippen MR) is 118 cm³/mol. The van der Waals surface area contributed by atoms with Crippen molar-refractivity contribution in [1.29, 1.82) is 0 Å². The minimum absolute atomic E-state index is 0.162. The zero-order valence-electron chi connectivity index (χ0n) is 16.9. The molecule has 3 aromatic rings. The molecule has 156 valence electrons. The van der Waals surface area contributed by atoms with E-state index in [2.05, 4.69) is 5.32 Å². The molecule has 0 saturated carbocycles. The van der Waals surface area contributed by atoms with E-state index in [4.69, 9.17) is 31.8 Å². The van der Waals surface area contributed by atoms with E-state index in [0.29, 0.717) is 22.6 Å². The molecule has 1 amide bonds. The molecular formula is C22H22N2O5S. The Morgan fingerprint density at radius 2 is 1.80 bits per heavy atom. The summed E-state index contributed by atoms with van der Waals surface area (Å²) in [4.78, 5) is 24.5. The van der Waals surface area contributed by atoms with Crippen molar-refractivity contribution >= 4 is 45.7 Å². The van der Waals surface area contributed by atoms with Crippen molar-refractivity contribution in [3.63, 3.8) is 0 Å². The van der Waals surface area contributed by atoms with Crippen LogP contribution in [-0.4, -0.2) is 29.1 Å². The van der Waals surface area contributed by atoms with Gasteiger partial charge in [0.2, 0.25) is 0 Å². The Morgan fingerprint density at radius 3 is 2.43 bits per heavy atom. The maximum atomic E-state index is 12.5. The van der Waals surface area contributed by atoms with Gasteiger partial charge in [-0.2, -0.15) is 0 Å². The summed E-state index contributed by atoms with van der Waals surface area (Å²) < 4.78 is 16.2. The van der Waals surface area contributed by atoms with Gasteiger partial charge in [0.25, 0.3) is 5.91 Å². The number of thiocarbonyl (C=S) groups is 1. The number of hydrogen-bond acceptors (Lipinski definition) is 6. The van der Waals surface area contributed by atoms with E-state index in [1.165, 1.54) is 0 Å². The number of nitrogens with two attached hydrogens (primary N) is 1. The zero-order chi connectivity index (χ0) is 21.9. The summed E-state index contributed by atoms with van der Waals surface area (Å²) in [6.07, 6.45) is 0. The van der Waals surface area contributed by atoms with Crippen molar-refractivity contribution in [2.75, 3.05) is 11.9 Å². The van der Waals surface area contributed by atoms with E-state index in [1.54, 1.807) is 69.3 Å². The molecule has 0 saturated heterocycles. The maximum absolute atomic E-state index is 12.5. The Bertz CT molecular complexity index is 1100. The van der Waals surface area contributed by atoms with Crippen LogP contribution in [-0.2, 0) is 9.53 Å². The Morgan fingerprint density at radius 1 is 1.10 bits per heavy atom. The van der Waals surface area contributed by atoms with Gasteiger partial charge in [-0.05, 0) is 69.3 Å². The third-order valence-corrected chi connectivity index (χ3v) is 4.15. The lowest BCUT2D eigenvalue weighted by Crippen LogP contribution is -2.27. The molecule has 30 heavy (non-hydrogen) atoms. The van der Waals surface area contributed by atoms with Crippen molar-refractivity contribution in [3.8, 4) is 5.75 Å². The third-order valence-electron chi connectivity index (χ3n) is 3.91. The van der Waals surface area contributed by atoms with E-state index in [-0.39, 0.29) is 17.4 Å². The van der Waals surface area contributed by atoms with E-state index in [9.17, 15) is 9.59 Å². The Balaban J connectivity index is 1.61. The third kappa shape index (κ3) is 5.57. The molecule has 0 radical (unpaired) electrons. The van der Waals surface area contributed by atoms with Crippen LogP contribution in [0.5, 0.6) is 5.75 Å². The number of rotatable bonds is 6. The monoisotopic (exact) mass is 426 g/mol. The largest absolute Gasteiger partial charge is 0.482 e. The van der Waals surface area contributed by atoms with Gasteiger partial charge in [0.15, 0.2) is 12.4 Å². The van der Waals surface area contributed by atoms with Crippen LogP contribution in [0.1, 0.15) is 36.9 Å². The first-order valence-corrected chi connectivity index (χ1v) is 9.61. The molecule has 0 bridgehead atoms. The first-order chi connectivity index (χ1) is 14.1. The van der Waals surface area contributed by atoms with Crippen LogP contribution in [0, 0.1) is 0 Å². The number of carbonyl (C=O) groups is 2. The molecule has 0 atom stereocenters. The van der Waals surface area contributed by atoms with E-state index < -0.39 is 17.5 Å². The fraction of sp³-hybridized carbons (Fsp3) is 0.227. The normalized spacial score (nSPS) is 11.2. The topological polar surface area (TPSA) is 104 Å². The molecule has 1 aromatic heterocycles. The standard InChI is InChI=1S/C22H22N2O5S/c1-22(2,3)29-19(25)12-27-16-7-5-15(6-8-16)24-21(26)18-11-14-10-13(20(23)30)4-9-17(14)28-18/h4-11H,12H2,1-3H3,(H2,23,30)(H,24,26). The average Bonchev–Trinajstić information content (AvgIpc) is 3.09. The fourth-order valence-electron chi connectivity index (χ4n) is 2.65. The number of ether oxygens (including phenoxy) is 2. The summed E-state index contributed by atoms with van der Waals surface area (Å²) in [5.74, 6) is -0.211. The molecule has 0 spiro atoms. The van der Waals surface area contributed by atoms with Crippen LogP contribution in [0.15, 0.2) is 52.9 Å². The Hall–Kier alpha value is -3.39. The smallest absolute Gasteiger partial charge is 0.344 e. The Labute approximate surface area is 179 Å². The number of anilines is 1. The van der Waals surface area contributed by atoms with Crippen molar-refractivity contribution in [2.45, 2.75) is 26.4 Å². The zero-order valence-corrected chi connectivity index (χ0v) is 17.7. The minimum Gasteiger partial charge on any atom is -0.482 e. The summed E-state index contributed by atoms with van der Waals surface area (Å²) in [5.41, 5.74) is 6.88. The highest BCUT2D eigenvalue weighted by Crippen LogP contribution is 2.22. The summed E-state index contributed by atoms with van der Waals surface area (Å²) in [6, 6.07) is 13.5. The lowest BCUT2D eigenvalue weighted by Gasteiger charge is -2.19. The summed E-state index contributed by atoms with van der Waals surface area (Å²) in [6.45, 7) is 5.17. The van der Waals surface area contributed by atoms with Gasteiger partial charge in [-0.3, -0.25) is 4.79 Å². The van der Waals surface area contributed by atoms with Crippen LogP contribution in [0.4, 0.5) is 5.69 Å². The molecule has 2 aromatic carbocycles. The van der Waals surface area contributed by atoms with Gasteiger partial charge in [-0.1, -0.05) is 12.2 Å². The molecule has 8 heteroatoms. The highest BCUT2D eigenvalue weighted by atomic mass is 32.1. The number of benzene rings is 2. The van der Waals surface area contributed by atoms with Crippen LogP contribution >= 0.6 is 12.2 Å². The molecule has 3 N–H and O–H groups in total. The van der Waals surface area contributed by atoms with Gasteiger partial charge >= 0.3 is 5.97 Å². The summed E-state index contributed by atoms with van der Waals surface area (Å²) in [5, 5.41) is 3.48. The van der Waals surface area contributed by atoms with Gasteiger partial charge < -0.3 is 24.9 Å². The van der Waals surface area contributed by atoms with Crippen LogP contribution < -0.4 is 15.8 Å². The quantitative estimate of drug-likeness (QED) is 0.453. The fourth-order valence-corrected chi connectivity index (χ4v) is 2.78. The maximum Gasteiger partial charge on any atom is 0.344 e. The first kappa shape index (κ1) is 21.3. The minimum atomic E-state index is -0.566. The van der Waals surface area contributed by atoms with Crippen molar-refractivity contribution in [1.82, 2.24) is 0 Å². The second-order valence-electron chi connectivity index (χ2n) is 7.58. The van der Waals surface area contributed by atoms with Crippen molar-refractivity contribution in [3.05, 3.63) is 59.9 Å². The molecule has 0 aliphatic heterocycles. The van der Waals surface area contributed by atoms with Gasteiger partial charge in [0, 0.05) is 16.6 Å². The van der Waals surface area contributed by atoms with Gasteiger partial charge in [0.05, 0.1) is 0 Å². The number of amides is 1. The highest BCUT2D eigenvalue weighted by molar-refractivity contribution is 7.80. The predicted octanol–water partition coefficient (Wildman–Crippen LogP) is 4.04. The van der Waals surface area contributed by atoms with E-state index >= 15 is 0 Å². The number of nitrogens with one attached hydrogen (secondary N) is 1. The molecule has 7 nitrogen and oxygen atoms in total. The SMILES string of the molecule is CC(C)(C)OC(=O)COc1ccc(NC(=O)c2cc3cc(C(N)=S)ccc3o2)cc1. The van der Waals surface area contributed by atoms with Crippen LogP contribution in [0.2, 0.25) is 0 Å². The first-order valence-electron chi connectivity index (χ1n) is 9.20. The lowest BCUT2D eigenvalue weighted by atomic mass is 10.1. The summed E-state index contributed by atoms with van der Waals surface area (Å²) in [7, 11) is 0. The molecule has 0 unspecified atom stereocenters. The van der Waals surface area contributed by atoms with Crippen molar-refractivity contribution in [2.24, 2.45) is 5.73 Å². The number of hydrogen-bond donors (Lipinski definition) is 2. The average molecular weight is 426 g/mol. The lowest BCUT2D eigenvalue weighted by molar-refractivity contribution is -0.157. The molecular weight excluding hydrogens is 404 g/mol. The number of furan rings is 1. The van der Waals surface area contributed by atoms with Gasteiger partial charge in [-0.25, -0.2) is 4.79 Å². The van der Waals surface area contributed by atoms with E-state index in [1.807, 2.05) is 0 Å². The molecule has 0 aliphatic rings. The van der Waals surface area contributed by atoms with Gasteiger partial charge in [0.1, 0.15) is 21.9 Å². The summed E-state index contributed by atoms with van der Waals surface area (Å²) >= 11 is 4.97. The van der Waals surface area contributed by atoms with Crippen LogP contribution in [0.3, 0.4) is 0 Å². The van der Waals surface area contributed by atoms with Crippen molar-refractivity contribution < 1.29 is 23.5 Å². The van der Waals surface area contributed by atoms with Gasteiger partial charge in [-0.15, -0.1) is 0 Å². The second kappa shape index (κ2) is 8.54. The molecule has 0 aliphatic carbocycles. The molecule has 3 rings (SSSR count). The van der Waals surface area contributed by atoms with E-state index in [0.717, 1.165) is 5.39 Å². The Kier molecular flexibility index (Phi) is 6.07. The number of esters is 1. The number of carbonyl (C=O) groups excluding carboxylic acids is 2.